The lowest BCUT2D eigenvalue weighted by atomic mass is 9.97. The van der Waals surface area contributed by atoms with Gasteiger partial charge in [0.25, 0.3) is 5.56 Å². The van der Waals surface area contributed by atoms with Crippen molar-refractivity contribution < 1.29 is 14.3 Å². The molecule has 1 aromatic carbocycles. The van der Waals surface area contributed by atoms with E-state index in [9.17, 15) is 9.59 Å². The maximum Gasteiger partial charge on any atom is 0.259 e. The van der Waals surface area contributed by atoms with Crippen LogP contribution in [-0.4, -0.2) is 35.8 Å². The van der Waals surface area contributed by atoms with Gasteiger partial charge >= 0.3 is 0 Å². The number of nitrogens with zero attached hydrogens (tertiary/aromatic N) is 1. The zero-order valence-electron chi connectivity index (χ0n) is 17.6. The largest absolute Gasteiger partial charge is 0.497 e. The number of aromatic nitrogens is 2. The van der Waals surface area contributed by atoms with Crippen LogP contribution in [0.5, 0.6) is 11.5 Å². The minimum Gasteiger partial charge on any atom is -0.497 e. The lowest BCUT2D eigenvalue weighted by Gasteiger charge is -2.11. The van der Waals surface area contributed by atoms with Crippen molar-refractivity contribution in [1.29, 1.82) is 0 Å². The number of hydrogen-bond donors (Lipinski definition) is 2. The van der Waals surface area contributed by atoms with Gasteiger partial charge in [0.05, 0.1) is 31.0 Å². The molecule has 7 nitrogen and oxygen atoms in total. The SMILES string of the molecule is COc1ccc(OC)c(NC(=O)CCSCc2nc3sc4c(c3c(=O)[nH]2)CCCC4)c1. The highest BCUT2D eigenvalue weighted by Crippen LogP contribution is 2.33. The van der Waals surface area contributed by atoms with Crippen LogP contribution >= 0.6 is 23.1 Å². The monoisotopic (exact) mass is 459 g/mol. The molecule has 4 rings (SSSR count). The fourth-order valence-electron chi connectivity index (χ4n) is 3.73. The van der Waals surface area contributed by atoms with Gasteiger partial charge < -0.3 is 19.8 Å². The summed E-state index contributed by atoms with van der Waals surface area (Å²) in [6.45, 7) is 0. The number of nitrogens with one attached hydrogen (secondary N) is 2. The van der Waals surface area contributed by atoms with Crippen molar-refractivity contribution in [2.24, 2.45) is 0 Å². The first-order chi connectivity index (χ1) is 15.1. The first kappa shape index (κ1) is 21.7. The molecule has 1 aliphatic rings. The number of H-pyrrole nitrogens is 1. The minimum atomic E-state index is -0.109. The number of ether oxygens (including phenoxy) is 2. The highest BCUT2D eigenvalue weighted by Gasteiger charge is 2.19. The summed E-state index contributed by atoms with van der Waals surface area (Å²) in [4.78, 5) is 34.7. The maximum atomic E-state index is 12.6. The number of methoxy groups -OCH3 is 2. The van der Waals surface area contributed by atoms with Crippen LogP contribution in [-0.2, 0) is 23.4 Å². The quantitative estimate of drug-likeness (QED) is 0.492. The number of amides is 1. The Kier molecular flexibility index (Phi) is 6.82. The number of thiophene rings is 1. The predicted octanol–water partition coefficient (Wildman–Crippen LogP) is 4.14. The summed E-state index contributed by atoms with van der Waals surface area (Å²) in [5.41, 5.74) is 1.74. The smallest absolute Gasteiger partial charge is 0.259 e. The number of thioether (sulfide) groups is 1. The highest BCUT2D eigenvalue weighted by atomic mass is 32.2. The second kappa shape index (κ2) is 9.74. The Bertz CT molecular complexity index is 1160. The van der Waals surface area contributed by atoms with E-state index in [-0.39, 0.29) is 11.5 Å². The van der Waals surface area contributed by atoms with Crippen molar-refractivity contribution in [3.8, 4) is 11.5 Å². The summed E-state index contributed by atoms with van der Waals surface area (Å²) in [6, 6.07) is 5.26. The molecule has 3 aromatic rings. The molecular weight excluding hydrogens is 434 g/mol. The van der Waals surface area contributed by atoms with E-state index >= 15 is 0 Å². The number of hydrogen-bond acceptors (Lipinski definition) is 7. The molecule has 0 spiro atoms. The zero-order chi connectivity index (χ0) is 21.8. The molecule has 0 bridgehead atoms. The predicted molar refractivity (Wildman–Crippen MR) is 126 cm³/mol. The van der Waals surface area contributed by atoms with E-state index in [2.05, 4.69) is 15.3 Å². The van der Waals surface area contributed by atoms with Crippen molar-refractivity contribution in [1.82, 2.24) is 9.97 Å². The van der Waals surface area contributed by atoms with Gasteiger partial charge in [-0.1, -0.05) is 0 Å². The second-order valence-electron chi connectivity index (χ2n) is 7.32. The molecular formula is C22H25N3O4S2. The van der Waals surface area contributed by atoms with Crippen LogP contribution in [0.2, 0.25) is 0 Å². The average molecular weight is 460 g/mol. The molecule has 2 heterocycles. The zero-order valence-corrected chi connectivity index (χ0v) is 19.2. The molecule has 0 radical (unpaired) electrons. The Hall–Kier alpha value is -2.52. The van der Waals surface area contributed by atoms with E-state index in [1.165, 1.54) is 16.9 Å². The molecule has 1 amide bonds. The number of aromatic amines is 1. The van der Waals surface area contributed by atoms with Crippen LogP contribution in [0.15, 0.2) is 23.0 Å². The molecule has 2 N–H and O–H groups in total. The van der Waals surface area contributed by atoms with E-state index in [0.717, 1.165) is 29.5 Å². The van der Waals surface area contributed by atoms with Crippen molar-refractivity contribution in [2.45, 2.75) is 37.9 Å². The van der Waals surface area contributed by atoms with Gasteiger partial charge in [-0.05, 0) is 43.4 Å². The third-order valence-corrected chi connectivity index (χ3v) is 7.42. The molecule has 0 atom stereocenters. The fraction of sp³-hybridized carbons (Fsp3) is 0.409. The number of anilines is 1. The first-order valence-corrected chi connectivity index (χ1v) is 12.2. The topological polar surface area (TPSA) is 93.3 Å². The molecule has 2 aromatic heterocycles. The van der Waals surface area contributed by atoms with Crippen LogP contribution in [0.25, 0.3) is 10.2 Å². The van der Waals surface area contributed by atoms with E-state index in [1.54, 1.807) is 55.5 Å². The highest BCUT2D eigenvalue weighted by molar-refractivity contribution is 7.98. The number of fused-ring (bicyclic) bond motifs is 3. The summed E-state index contributed by atoms with van der Waals surface area (Å²) < 4.78 is 10.5. The normalized spacial score (nSPS) is 13.1. The molecule has 0 unspecified atom stereocenters. The number of rotatable bonds is 8. The first-order valence-electron chi connectivity index (χ1n) is 10.2. The summed E-state index contributed by atoms with van der Waals surface area (Å²) >= 11 is 3.22. The minimum absolute atomic E-state index is 0.0390. The molecule has 9 heteroatoms. The summed E-state index contributed by atoms with van der Waals surface area (Å²) in [5, 5.41) is 3.64. The summed E-state index contributed by atoms with van der Waals surface area (Å²) in [6.07, 6.45) is 4.68. The van der Waals surface area contributed by atoms with Crippen molar-refractivity contribution in [3.63, 3.8) is 0 Å². The Morgan fingerprint density at radius 2 is 2.10 bits per heavy atom. The lowest BCUT2D eigenvalue weighted by molar-refractivity contribution is -0.115. The van der Waals surface area contributed by atoms with Gasteiger partial charge in [0, 0.05) is 23.1 Å². The lowest BCUT2D eigenvalue weighted by Crippen LogP contribution is -2.14. The van der Waals surface area contributed by atoms with Crippen LogP contribution in [0.1, 0.15) is 35.5 Å². The summed E-state index contributed by atoms with van der Waals surface area (Å²) in [5.74, 6) is 2.95. The molecule has 0 saturated carbocycles. The van der Waals surface area contributed by atoms with Crippen LogP contribution in [0, 0.1) is 0 Å². The number of carbonyl (C=O) groups excluding carboxylic acids is 1. The van der Waals surface area contributed by atoms with Crippen LogP contribution in [0.4, 0.5) is 5.69 Å². The van der Waals surface area contributed by atoms with E-state index < -0.39 is 0 Å². The molecule has 31 heavy (non-hydrogen) atoms. The third kappa shape index (κ3) is 4.88. The standard InChI is InChI=1S/C22H25N3O4S2/c1-28-13-7-8-16(29-2)15(11-13)23-19(26)9-10-30-12-18-24-21(27)20-14-5-3-4-6-17(14)31-22(20)25-18/h7-8,11H,3-6,9-10,12H2,1-2H3,(H,23,26)(H,24,25,27). The van der Waals surface area contributed by atoms with Crippen LogP contribution < -0.4 is 20.3 Å². The van der Waals surface area contributed by atoms with Gasteiger partial charge in [-0.3, -0.25) is 9.59 Å². The van der Waals surface area contributed by atoms with E-state index in [4.69, 9.17) is 9.47 Å². The van der Waals surface area contributed by atoms with Gasteiger partial charge in [0.2, 0.25) is 5.91 Å². The molecule has 0 saturated heterocycles. The van der Waals surface area contributed by atoms with Gasteiger partial charge in [-0.2, -0.15) is 11.8 Å². The van der Waals surface area contributed by atoms with Gasteiger partial charge in [0.15, 0.2) is 0 Å². The van der Waals surface area contributed by atoms with Crippen LogP contribution in [0.3, 0.4) is 0 Å². The Labute approximate surface area is 188 Å². The van der Waals surface area contributed by atoms with Gasteiger partial charge in [-0.25, -0.2) is 4.98 Å². The maximum absolute atomic E-state index is 12.6. The number of benzene rings is 1. The Morgan fingerprint density at radius 3 is 2.90 bits per heavy atom. The molecule has 0 fully saturated rings. The fourth-order valence-corrected chi connectivity index (χ4v) is 5.82. The number of carbonyl (C=O) groups is 1. The second-order valence-corrected chi connectivity index (χ2v) is 9.51. The van der Waals surface area contributed by atoms with Crippen molar-refractivity contribution in [2.75, 3.05) is 25.3 Å². The Balaban J connectivity index is 1.33. The van der Waals surface area contributed by atoms with Gasteiger partial charge in [-0.15, -0.1) is 11.3 Å². The van der Waals surface area contributed by atoms with E-state index in [0.29, 0.717) is 40.9 Å². The Morgan fingerprint density at radius 1 is 1.26 bits per heavy atom. The van der Waals surface area contributed by atoms with E-state index in [1.807, 2.05) is 0 Å². The van der Waals surface area contributed by atoms with Crippen molar-refractivity contribution in [3.05, 3.63) is 44.8 Å². The average Bonchev–Trinajstić information content (AvgIpc) is 3.15. The third-order valence-electron chi connectivity index (χ3n) is 5.27. The molecule has 0 aliphatic heterocycles. The molecule has 164 valence electrons. The molecule has 1 aliphatic carbocycles. The van der Waals surface area contributed by atoms with Crippen molar-refractivity contribution >= 4 is 44.9 Å². The number of aryl methyl sites for hydroxylation is 2. The van der Waals surface area contributed by atoms with Gasteiger partial charge in [0.1, 0.15) is 22.2 Å². The summed E-state index contributed by atoms with van der Waals surface area (Å²) in [7, 11) is 3.13.